The molecule has 0 saturated heterocycles. The first-order valence-corrected chi connectivity index (χ1v) is 11.2. The van der Waals surface area contributed by atoms with E-state index >= 15 is 0 Å². The second-order valence-electron chi connectivity index (χ2n) is 7.73. The summed E-state index contributed by atoms with van der Waals surface area (Å²) < 4.78 is 11.9. The minimum atomic E-state index is -0.0525. The molecule has 0 radical (unpaired) electrons. The molecule has 0 bridgehead atoms. The Hall–Kier alpha value is -4.37. The molecule has 3 heteroatoms. The van der Waals surface area contributed by atoms with Crippen LogP contribution in [0, 0.1) is 0 Å². The lowest BCUT2D eigenvalue weighted by atomic mass is 10.0. The number of ketones is 1. The number of carbonyl (C=O) groups excluding carboxylic acids is 1. The minimum Gasteiger partial charge on any atom is -0.457 e. The molecule has 0 spiro atoms. The lowest BCUT2D eigenvalue weighted by Gasteiger charge is -2.09. The Labute approximate surface area is 200 Å². The van der Waals surface area contributed by atoms with E-state index in [1.54, 1.807) is 24.3 Å². The molecule has 0 saturated carbocycles. The van der Waals surface area contributed by atoms with Crippen LogP contribution in [0.5, 0.6) is 23.0 Å². The molecule has 0 atom stereocenters. The monoisotopic (exact) mass is 446 g/mol. The molecule has 0 fully saturated rings. The molecular formula is C31H26O3. The molecule has 4 rings (SSSR count). The molecule has 0 heterocycles. The van der Waals surface area contributed by atoms with Crippen LogP contribution in [0.25, 0.3) is 12.2 Å². The first-order valence-electron chi connectivity index (χ1n) is 11.2. The van der Waals surface area contributed by atoms with Gasteiger partial charge in [-0.05, 0) is 97.8 Å². The van der Waals surface area contributed by atoms with Crippen LogP contribution in [-0.4, -0.2) is 5.78 Å². The first kappa shape index (κ1) is 22.8. The van der Waals surface area contributed by atoms with E-state index in [1.165, 1.54) is 0 Å². The van der Waals surface area contributed by atoms with Gasteiger partial charge in [0.25, 0.3) is 0 Å². The quantitative estimate of drug-likeness (QED) is 0.254. The van der Waals surface area contributed by atoms with Crippen molar-refractivity contribution in [3.05, 3.63) is 131 Å². The molecule has 0 N–H and O–H groups in total. The molecule has 0 aliphatic rings. The highest BCUT2D eigenvalue weighted by molar-refractivity contribution is 6.09. The Kier molecular flexibility index (Phi) is 7.36. The normalized spacial score (nSPS) is 11.1. The molecule has 0 aromatic heterocycles. The van der Waals surface area contributed by atoms with E-state index < -0.39 is 0 Å². The summed E-state index contributed by atoms with van der Waals surface area (Å²) in [7, 11) is 0. The molecule has 4 aromatic rings. The van der Waals surface area contributed by atoms with Crippen LogP contribution in [0.15, 0.2) is 109 Å². The van der Waals surface area contributed by atoms with Crippen molar-refractivity contribution in [2.24, 2.45) is 0 Å². The average Bonchev–Trinajstić information content (AvgIpc) is 2.86. The first-order chi connectivity index (χ1) is 16.6. The van der Waals surface area contributed by atoms with Crippen LogP contribution in [0.3, 0.4) is 0 Å². The third kappa shape index (κ3) is 5.90. The van der Waals surface area contributed by atoms with Crippen LogP contribution in [0.2, 0.25) is 0 Å². The Morgan fingerprint density at radius 2 is 0.971 bits per heavy atom. The van der Waals surface area contributed by atoms with Gasteiger partial charge in [-0.15, -0.1) is 0 Å². The van der Waals surface area contributed by atoms with Gasteiger partial charge >= 0.3 is 0 Å². The largest absolute Gasteiger partial charge is 0.457 e. The topological polar surface area (TPSA) is 35.5 Å². The number of carbonyl (C=O) groups is 1. The predicted molar refractivity (Wildman–Crippen MR) is 139 cm³/mol. The van der Waals surface area contributed by atoms with E-state index in [-0.39, 0.29) is 5.78 Å². The summed E-state index contributed by atoms with van der Waals surface area (Å²) in [5.74, 6) is 2.81. The summed E-state index contributed by atoms with van der Waals surface area (Å²) in [5, 5.41) is 0. The average molecular weight is 447 g/mol. The molecule has 4 aromatic carbocycles. The maximum Gasteiger partial charge on any atom is 0.193 e. The van der Waals surface area contributed by atoms with E-state index in [9.17, 15) is 4.79 Å². The smallest absolute Gasteiger partial charge is 0.193 e. The summed E-state index contributed by atoms with van der Waals surface area (Å²) in [6, 6.07) is 30.1. The zero-order valence-electron chi connectivity index (χ0n) is 19.3. The number of rotatable bonds is 8. The second-order valence-corrected chi connectivity index (χ2v) is 7.73. The number of benzene rings is 4. The van der Waals surface area contributed by atoms with Crippen molar-refractivity contribution >= 4 is 17.9 Å². The van der Waals surface area contributed by atoms with Gasteiger partial charge in [-0.3, -0.25) is 4.79 Å². The molecule has 0 aliphatic carbocycles. The molecule has 0 unspecified atom stereocenters. The number of ether oxygens (including phenoxy) is 2. The molecule has 3 nitrogen and oxygen atoms in total. The van der Waals surface area contributed by atoms with Crippen LogP contribution in [0.4, 0.5) is 0 Å². The van der Waals surface area contributed by atoms with Gasteiger partial charge in [0.15, 0.2) is 5.78 Å². The highest BCUT2D eigenvalue weighted by atomic mass is 16.5. The van der Waals surface area contributed by atoms with Gasteiger partial charge in [0.05, 0.1) is 0 Å². The molecule has 168 valence electrons. The standard InChI is InChI=1S/C31H26O3/c1-3-7-23-9-5-11-29(21-23)33-27-17-13-25(14-18-27)31(32)26-15-19-28(20-16-26)34-30-12-6-10-24(22-30)8-4-2/h3-22H,1-2H3/b7-3+,8-4+. The van der Waals surface area contributed by atoms with E-state index in [4.69, 9.17) is 9.47 Å². The van der Waals surface area contributed by atoms with Gasteiger partial charge in [-0.1, -0.05) is 48.6 Å². The van der Waals surface area contributed by atoms with Gasteiger partial charge in [-0.2, -0.15) is 0 Å². The van der Waals surface area contributed by atoms with Crippen molar-refractivity contribution in [1.82, 2.24) is 0 Å². The number of allylic oxidation sites excluding steroid dienone is 2. The molecule has 0 amide bonds. The summed E-state index contributed by atoms with van der Waals surface area (Å²) in [5.41, 5.74) is 3.35. The van der Waals surface area contributed by atoms with Crippen LogP contribution >= 0.6 is 0 Å². The van der Waals surface area contributed by atoms with Crippen molar-refractivity contribution < 1.29 is 14.3 Å². The van der Waals surface area contributed by atoms with Gasteiger partial charge in [-0.25, -0.2) is 0 Å². The summed E-state index contributed by atoms with van der Waals surface area (Å²) in [6.07, 6.45) is 8.01. The Balaban J connectivity index is 1.41. The SMILES string of the molecule is C/C=C/c1cccc(Oc2ccc(C(=O)c3ccc(Oc4cccc(/C=C/C)c4)cc3)cc2)c1. The van der Waals surface area contributed by atoms with Crippen molar-refractivity contribution in [3.63, 3.8) is 0 Å². The summed E-state index contributed by atoms with van der Waals surface area (Å²) in [4.78, 5) is 12.9. The molecule has 34 heavy (non-hydrogen) atoms. The maximum atomic E-state index is 12.9. The lowest BCUT2D eigenvalue weighted by molar-refractivity contribution is 0.103. The van der Waals surface area contributed by atoms with Crippen LogP contribution in [-0.2, 0) is 0 Å². The van der Waals surface area contributed by atoms with E-state index in [0.717, 1.165) is 22.6 Å². The summed E-state index contributed by atoms with van der Waals surface area (Å²) in [6.45, 7) is 3.96. The highest BCUT2D eigenvalue weighted by Crippen LogP contribution is 2.26. The van der Waals surface area contributed by atoms with Crippen molar-refractivity contribution in [3.8, 4) is 23.0 Å². The lowest BCUT2D eigenvalue weighted by Crippen LogP contribution is -2.01. The van der Waals surface area contributed by atoms with Gasteiger partial charge in [0.2, 0.25) is 0 Å². The van der Waals surface area contributed by atoms with E-state index in [0.29, 0.717) is 22.6 Å². The fourth-order valence-electron chi connectivity index (χ4n) is 3.54. The van der Waals surface area contributed by atoms with Crippen molar-refractivity contribution in [2.75, 3.05) is 0 Å². The van der Waals surface area contributed by atoms with Crippen LogP contribution in [0.1, 0.15) is 40.9 Å². The third-order valence-corrected chi connectivity index (χ3v) is 5.14. The predicted octanol–water partition coefficient (Wildman–Crippen LogP) is 8.57. The second kappa shape index (κ2) is 11.0. The van der Waals surface area contributed by atoms with E-state index in [1.807, 2.05) is 111 Å². The number of hydrogen-bond acceptors (Lipinski definition) is 3. The maximum absolute atomic E-state index is 12.9. The molecule has 0 aliphatic heterocycles. The third-order valence-electron chi connectivity index (χ3n) is 5.14. The zero-order valence-corrected chi connectivity index (χ0v) is 19.3. The minimum absolute atomic E-state index is 0.0525. The van der Waals surface area contributed by atoms with Crippen LogP contribution < -0.4 is 9.47 Å². The Morgan fingerprint density at radius 3 is 1.35 bits per heavy atom. The fourth-order valence-corrected chi connectivity index (χ4v) is 3.54. The highest BCUT2D eigenvalue weighted by Gasteiger charge is 2.10. The van der Waals surface area contributed by atoms with Gasteiger partial charge in [0, 0.05) is 11.1 Å². The Bertz CT molecular complexity index is 1210. The van der Waals surface area contributed by atoms with Gasteiger partial charge < -0.3 is 9.47 Å². The van der Waals surface area contributed by atoms with Crippen molar-refractivity contribution in [2.45, 2.75) is 13.8 Å². The summed E-state index contributed by atoms with van der Waals surface area (Å²) >= 11 is 0. The van der Waals surface area contributed by atoms with E-state index in [2.05, 4.69) is 0 Å². The number of hydrogen-bond donors (Lipinski definition) is 0. The Morgan fingerprint density at radius 1 is 0.559 bits per heavy atom. The molecular weight excluding hydrogens is 420 g/mol. The van der Waals surface area contributed by atoms with Crippen molar-refractivity contribution in [1.29, 1.82) is 0 Å². The fraction of sp³-hybridized carbons (Fsp3) is 0.0645. The van der Waals surface area contributed by atoms with Gasteiger partial charge in [0.1, 0.15) is 23.0 Å². The zero-order chi connectivity index (χ0) is 23.8.